The van der Waals surface area contributed by atoms with Crippen molar-refractivity contribution in [1.82, 2.24) is 9.27 Å². The summed E-state index contributed by atoms with van der Waals surface area (Å²) >= 11 is 1.03. The van der Waals surface area contributed by atoms with Gasteiger partial charge in [0.1, 0.15) is 10.6 Å². The van der Waals surface area contributed by atoms with Gasteiger partial charge in [0.2, 0.25) is 5.91 Å². The molecule has 3 N–H and O–H groups in total. The van der Waals surface area contributed by atoms with Crippen molar-refractivity contribution in [2.75, 3.05) is 38.3 Å². The normalized spacial score (nSPS) is 9.94. The highest BCUT2D eigenvalue weighted by Crippen LogP contribution is 2.27. The number of rotatable bonds is 5. The standard InChI is InChI=1S/C10H16N4O3S/c1-4-17-10(16)7-8(11)13-18-9(7)12-5-6(15)14(2)3/h12H,4-5H2,1-3H3,(H2,11,13). The predicted octanol–water partition coefficient (Wildman–Crippen LogP) is 0.402. The van der Waals surface area contributed by atoms with E-state index in [9.17, 15) is 9.59 Å². The third-order valence-electron chi connectivity index (χ3n) is 2.10. The van der Waals surface area contributed by atoms with Crippen LogP contribution in [0.1, 0.15) is 17.3 Å². The molecule has 0 atom stereocenters. The summed E-state index contributed by atoms with van der Waals surface area (Å²) in [4.78, 5) is 24.5. The number of nitrogens with one attached hydrogen (secondary N) is 1. The second-order valence-corrected chi connectivity index (χ2v) is 4.41. The average molecular weight is 272 g/mol. The molecule has 1 aromatic heterocycles. The number of anilines is 2. The van der Waals surface area contributed by atoms with Crippen LogP contribution < -0.4 is 11.1 Å². The highest BCUT2D eigenvalue weighted by atomic mass is 32.1. The molecule has 1 heterocycles. The number of aromatic nitrogens is 1. The maximum Gasteiger partial charge on any atom is 0.344 e. The topological polar surface area (TPSA) is 97.5 Å². The van der Waals surface area contributed by atoms with Crippen molar-refractivity contribution in [1.29, 1.82) is 0 Å². The summed E-state index contributed by atoms with van der Waals surface area (Å²) in [6, 6.07) is 0. The number of esters is 1. The SMILES string of the molecule is CCOC(=O)c1c(N)nsc1NCC(=O)N(C)C. The molecule has 0 bridgehead atoms. The van der Waals surface area contributed by atoms with Gasteiger partial charge in [-0.25, -0.2) is 4.79 Å². The van der Waals surface area contributed by atoms with Gasteiger partial charge in [-0.1, -0.05) is 0 Å². The second kappa shape index (κ2) is 6.20. The third kappa shape index (κ3) is 3.33. The van der Waals surface area contributed by atoms with Gasteiger partial charge in [0.25, 0.3) is 0 Å². The lowest BCUT2D eigenvalue weighted by atomic mass is 10.3. The Hall–Kier alpha value is -1.83. The molecule has 0 unspecified atom stereocenters. The molecule has 7 nitrogen and oxygen atoms in total. The first-order valence-corrected chi connectivity index (χ1v) is 6.11. The Morgan fingerprint density at radius 3 is 2.72 bits per heavy atom. The number of ether oxygens (including phenoxy) is 1. The molecule has 100 valence electrons. The number of likely N-dealkylation sites (N-methyl/N-ethyl adjacent to an activating group) is 1. The van der Waals surface area contributed by atoms with Gasteiger partial charge in [0.15, 0.2) is 5.82 Å². The molecule has 0 saturated carbocycles. The molecular weight excluding hydrogens is 256 g/mol. The van der Waals surface area contributed by atoms with Gasteiger partial charge in [0, 0.05) is 14.1 Å². The van der Waals surface area contributed by atoms with Crippen molar-refractivity contribution in [2.45, 2.75) is 6.92 Å². The molecule has 1 aromatic rings. The minimum absolute atomic E-state index is 0.0705. The number of hydrogen-bond donors (Lipinski definition) is 2. The molecule has 0 saturated heterocycles. The number of nitrogens with two attached hydrogens (primary N) is 1. The monoisotopic (exact) mass is 272 g/mol. The first-order valence-electron chi connectivity index (χ1n) is 5.33. The fourth-order valence-corrected chi connectivity index (χ4v) is 1.83. The van der Waals surface area contributed by atoms with Crippen LogP contribution in [0.15, 0.2) is 0 Å². The quantitative estimate of drug-likeness (QED) is 0.753. The summed E-state index contributed by atoms with van der Waals surface area (Å²) in [5, 5.41) is 3.28. The Morgan fingerprint density at radius 2 is 2.17 bits per heavy atom. The van der Waals surface area contributed by atoms with E-state index >= 15 is 0 Å². The Bertz CT molecular complexity index is 444. The summed E-state index contributed by atoms with van der Waals surface area (Å²) in [5.41, 5.74) is 5.79. The van der Waals surface area contributed by atoms with Gasteiger partial charge in [0.05, 0.1) is 13.2 Å². The minimum atomic E-state index is -0.538. The van der Waals surface area contributed by atoms with Gasteiger partial charge in [-0.05, 0) is 18.5 Å². The minimum Gasteiger partial charge on any atom is -0.462 e. The second-order valence-electron chi connectivity index (χ2n) is 3.63. The molecule has 0 aliphatic carbocycles. The molecule has 0 aliphatic rings. The first-order chi connectivity index (χ1) is 8.47. The summed E-state index contributed by atoms with van der Waals surface area (Å²) in [6.45, 7) is 2.03. The van der Waals surface area contributed by atoms with Crippen LogP contribution in [0.5, 0.6) is 0 Å². The van der Waals surface area contributed by atoms with E-state index in [1.165, 1.54) is 4.90 Å². The fourth-order valence-electron chi connectivity index (χ4n) is 1.14. The van der Waals surface area contributed by atoms with E-state index in [0.717, 1.165) is 11.5 Å². The van der Waals surface area contributed by atoms with E-state index in [2.05, 4.69) is 9.69 Å². The highest BCUT2D eigenvalue weighted by Gasteiger charge is 2.20. The molecule has 0 radical (unpaired) electrons. The number of hydrogen-bond acceptors (Lipinski definition) is 7. The predicted molar refractivity (Wildman–Crippen MR) is 69.7 cm³/mol. The Labute approximate surface area is 109 Å². The first kappa shape index (κ1) is 14.2. The lowest BCUT2D eigenvalue weighted by molar-refractivity contribution is -0.126. The van der Waals surface area contributed by atoms with E-state index < -0.39 is 5.97 Å². The Kier molecular flexibility index (Phi) is 4.90. The molecule has 8 heteroatoms. The van der Waals surface area contributed by atoms with E-state index in [1.54, 1.807) is 21.0 Å². The zero-order valence-electron chi connectivity index (χ0n) is 10.5. The molecule has 0 aromatic carbocycles. The van der Waals surface area contributed by atoms with Crippen LogP contribution in [-0.4, -0.2) is 48.4 Å². The molecule has 18 heavy (non-hydrogen) atoms. The lowest BCUT2D eigenvalue weighted by Gasteiger charge is -2.11. The van der Waals surface area contributed by atoms with Crippen molar-refractivity contribution in [3.63, 3.8) is 0 Å². The zero-order chi connectivity index (χ0) is 13.7. The van der Waals surface area contributed by atoms with Gasteiger partial charge in [-0.3, -0.25) is 4.79 Å². The van der Waals surface area contributed by atoms with Crippen LogP contribution in [0.4, 0.5) is 10.8 Å². The smallest absolute Gasteiger partial charge is 0.344 e. The average Bonchev–Trinajstić information content (AvgIpc) is 2.67. The van der Waals surface area contributed by atoms with E-state index in [0.29, 0.717) is 5.00 Å². The highest BCUT2D eigenvalue weighted by molar-refractivity contribution is 7.11. The summed E-state index contributed by atoms with van der Waals surface area (Å²) in [6.07, 6.45) is 0. The molecule has 0 aliphatic heterocycles. The van der Waals surface area contributed by atoms with Gasteiger partial charge < -0.3 is 20.7 Å². The van der Waals surface area contributed by atoms with E-state index in [1.807, 2.05) is 0 Å². The van der Waals surface area contributed by atoms with Crippen molar-refractivity contribution in [3.05, 3.63) is 5.56 Å². The summed E-state index contributed by atoms with van der Waals surface area (Å²) in [5.74, 6) is -0.543. The van der Waals surface area contributed by atoms with Gasteiger partial charge in [-0.2, -0.15) is 4.37 Å². The van der Waals surface area contributed by atoms with Crippen molar-refractivity contribution >= 4 is 34.2 Å². The summed E-state index contributed by atoms with van der Waals surface area (Å²) < 4.78 is 8.75. The maximum atomic E-state index is 11.7. The Morgan fingerprint density at radius 1 is 1.50 bits per heavy atom. The summed E-state index contributed by atoms with van der Waals surface area (Å²) in [7, 11) is 3.30. The van der Waals surface area contributed by atoms with Crippen LogP contribution in [0.2, 0.25) is 0 Å². The molecular formula is C10H16N4O3S. The Balaban J connectivity index is 2.78. The van der Waals surface area contributed by atoms with Crippen LogP contribution in [0.25, 0.3) is 0 Å². The van der Waals surface area contributed by atoms with Crippen LogP contribution in [-0.2, 0) is 9.53 Å². The van der Waals surface area contributed by atoms with E-state index in [4.69, 9.17) is 10.5 Å². The zero-order valence-corrected chi connectivity index (χ0v) is 11.3. The van der Waals surface area contributed by atoms with Crippen LogP contribution in [0.3, 0.4) is 0 Å². The van der Waals surface area contributed by atoms with Gasteiger partial charge in [-0.15, -0.1) is 0 Å². The number of carbonyl (C=O) groups excluding carboxylic acids is 2. The lowest BCUT2D eigenvalue weighted by Crippen LogP contribution is -2.28. The van der Waals surface area contributed by atoms with Gasteiger partial charge >= 0.3 is 5.97 Å². The number of nitrogens with zero attached hydrogens (tertiary/aromatic N) is 2. The van der Waals surface area contributed by atoms with Crippen molar-refractivity contribution in [3.8, 4) is 0 Å². The maximum absolute atomic E-state index is 11.7. The molecule has 1 rings (SSSR count). The largest absolute Gasteiger partial charge is 0.462 e. The van der Waals surface area contributed by atoms with Crippen molar-refractivity contribution < 1.29 is 14.3 Å². The van der Waals surface area contributed by atoms with Crippen LogP contribution >= 0.6 is 11.5 Å². The molecule has 0 fully saturated rings. The number of amides is 1. The molecule has 0 spiro atoms. The van der Waals surface area contributed by atoms with E-state index in [-0.39, 0.29) is 30.4 Å². The fraction of sp³-hybridized carbons (Fsp3) is 0.500. The van der Waals surface area contributed by atoms with Crippen LogP contribution in [0, 0.1) is 0 Å². The van der Waals surface area contributed by atoms with Crippen molar-refractivity contribution in [2.24, 2.45) is 0 Å². The molecule has 1 amide bonds. The third-order valence-corrected chi connectivity index (χ3v) is 2.92. The number of nitrogen functional groups attached to an aromatic ring is 1. The number of carbonyl (C=O) groups is 2.